The summed E-state index contributed by atoms with van der Waals surface area (Å²) in [6, 6.07) is 7.89. The quantitative estimate of drug-likeness (QED) is 0.689. The molecule has 0 amide bonds. The maximum atomic E-state index is 11.0. The van der Waals surface area contributed by atoms with Gasteiger partial charge in [0, 0.05) is 18.2 Å². The number of carbonyl (C=O) groups excluding carboxylic acids is 1. The largest absolute Gasteiger partial charge is 0.453 e. The predicted octanol–water partition coefficient (Wildman–Crippen LogP) is 1.89. The number of hydrogen-bond acceptors (Lipinski definition) is 3. The molecular weight excluding hydrogens is 178 g/mol. The third-order valence-corrected chi connectivity index (χ3v) is 2.48. The van der Waals surface area contributed by atoms with E-state index in [4.69, 9.17) is 4.74 Å². The van der Waals surface area contributed by atoms with E-state index >= 15 is 0 Å². The highest BCUT2D eigenvalue weighted by Gasteiger charge is 2.36. The Bertz CT molecular complexity index is 375. The number of hydrogen-bond donors (Lipinski definition) is 1. The van der Waals surface area contributed by atoms with Gasteiger partial charge < -0.3 is 10.1 Å². The van der Waals surface area contributed by atoms with Crippen molar-refractivity contribution in [3.8, 4) is 0 Å². The number of esters is 1. The summed E-state index contributed by atoms with van der Waals surface area (Å²) in [4.78, 5) is 11.0. The maximum absolute atomic E-state index is 11.0. The molecule has 2 rings (SSSR count). The van der Waals surface area contributed by atoms with Crippen molar-refractivity contribution in [2.75, 3.05) is 11.9 Å². The topological polar surface area (TPSA) is 38.3 Å². The van der Waals surface area contributed by atoms with Gasteiger partial charge >= 0.3 is 5.97 Å². The van der Waals surface area contributed by atoms with Gasteiger partial charge in [-0.25, -0.2) is 0 Å². The molecule has 1 N–H and O–H groups in total. The lowest BCUT2D eigenvalue weighted by atomic mass is 9.98. The molecule has 1 aromatic carbocycles. The minimum Gasteiger partial charge on any atom is -0.453 e. The number of benzene rings is 1. The van der Waals surface area contributed by atoms with Crippen LogP contribution in [0.3, 0.4) is 0 Å². The van der Waals surface area contributed by atoms with E-state index in [1.54, 1.807) is 0 Å². The standard InChI is InChI=1S/C11H13NO2/c1-8(13)14-11(2)7-12-10-6-4-3-5-9(10)11/h3-6,12H,7H2,1-2H3. The zero-order valence-corrected chi connectivity index (χ0v) is 8.33. The van der Waals surface area contributed by atoms with Crippen LogP contribution >= 0.6 is 0 Å². The minimum atomic E-state index is -0.511. The molecule has 0 fully saturated rings. The first-order valence-corrected chi connectivity index (χ1v) is 4.65. The molecule has 1 aliphatic heterocycles. The number of rotatable bonds is 1. The highest BCUT2D eigenvalue weighted by molar-refractivity contribution is 5.69. The van der Waals surface area contributed by atoms with E-state index < -0.39 is 5.60 Å². The van der Waals surface area contributed by atoms with Crippen LogP contribution in [0, 0.1) is 0 Å². The molecule has 0 saturated heterocycles. The lowest BCUT2D eigenvalue weighted by Gasteiger charge is -2.23. The molecule has 0 saturated carbocycles. The molecule has 3 heteroatoms. The van der Waals surface area contributed by atoms with Crippen molar-refractivity contribution >= 4 is 11.7 Å². The molecule has 0 aliphatic carbocycles. The first-order valence-electron chi connectivity index (χ1n) is 4.65. The van der Waals surface area contributed by atoms with Crippen LogP contribution in [-0.2, 0) is 15.1 Å². The van der Waals surface area contributed by atoms with Gasteiger partial charge in [-0.3, -0.25) is 4.79 Å². The number of fused-ring (bicyclic) bond motifs is 1. The molecule has 1 aliphatic rings. The third-order valence-electron chi connectivity index (χ3n) is 2.48. The molecule has 1 aromatic rings. The van der Waals surface area contributed by atoms with Crippen LogP contribution in [0.4, 0.5) is 5.69 Å². The van der Waals surface area contributed by atoms with Gasteiger partial charge in [0.2, 0.25) is 0 Å². The van der Waals surface area contributed by atoms with Crippen molar-refractivity contribution in [2.45, 2.75) is 19.4 Å². The molecule has 1 atom stereocenters. The van der Waals surface area contributed by atoms with Gasteiger partial charge in [0.05, 0.1) is 6.54 Å². The van der Waals surface area contributed by atoms with Crippen molar-refractivity contribution < 1.29 is 9.53 Å². The number of ether oxygens (including phenoxy) is 1. The molecule has 1 unspecified atom stereocenters. The van der Waals surface area contributed by atoms with Gasteiger partial charge in [0.25, 0.3) is 0 Å². The van der Waals surface area contributed by atoms with Gasteiger partial charge in [-0.15, -0.1) is 0 Å². The van der Waals surface area contributed by atoms with Crippen molar-refractivity contribution in [1.82, 2.24) is 0 Å². The highest BCUT2D eigenvalue weighted by Crippen LogP contribution is 2.37. The summed E-state index contributed by atoms with van der Waals surface area (Å²) in [5, 5.41) is 3.22. The molecule has 14 heavy (non-hydrogen) atoms. The van der Waals surface area contributed by atoms with Crippen molar-refractivity contribution in [2.24, 2.45) is 0 Å². The van der Waals surface area contributed by atoms with E-state index in [0.717, 1.165) is 11.3 Å². The van der Waals surface area contributed by atoms with Crippen LogP contribution in [0.25, 0.3) is 0 Å². The Kier molecular flexibility index (Phi) is 1.95. The van der Waals surface area contributed by atoms with Gasteiger partial charge in [0.1, 0.15) is 0 Å². The van der Waals surface area contributed by atoms with Crippen molar-refractivity contribution in [3.63, 3.8) is 0 Å². The fraction of sp³-hybridized carbons (Fsp3) is 0.364. The summed E-state index contributed by atoms with van der Waals surface area (Å²) in [6.07, 6.45) is 0. The molecule has 0 radical (unpaired) electrons. The fourth-order valence-corrected chi connectivity index (χ4v) is 1.87. The predicted molar refractivity (Wildman–Crippen MR) is 54.0 cm³/mol. The smallest absolute Gasteiger partial charge is 0.303 e. The number of carbonyl (C=O) groups is 1. The van der Waals surface area contributed by atoms with Crippen LogP contribution in [0.5, 0.6) is 0 Å². The van der Waals surface area contributed by atoms with Gasteiger partial charge in [-0.05, 0) is 13.0 Å². The summed E-state index contributed by atoms with van der Waals surface area (Å²) < 4.78 is 5.32. The minimum absolute atomic E-state index is 0.244. The van der Waals surface area contributed by atoms with Crippen LogP contribution in [0.15, 0.2) is 24.3 Å². The summed E-state index contributed by atoms with van der Waals surface area (Å²) in [5.74, 6) is -0.244. The molecular formula is C11H13NO2. The monoisotopic (exact) mass is 191 g/mol. The maximum Gasteiger partial charge on any atom is 0.303 e. The third kappa shape index (κ3) is 1.35. The Morgan fingerprint density at radius 3 is 2.93 bits per heavy atom. The van der Waals surface area contributed by atoms with Gasteiger partial charge in [0.15, 0.2) is 5.60 Å². The highest BCUT2D eigenvalue weighted by atomic mass is 16.6. The summed E-state index contributed by atoms with van der Waals surface area (Å²) in [6.45, 7) is 4.01. The summed E-state index contributed by atoms with van der Waals surface area (Å²) in [7, 11) is 0. The fourth-order valence-electron chi connectivity index (χ4n) is 1.87. The van der Waals surface area contributed by atoms with Crippen LogP contribution in [0.1, 0.15) is 19.4 Å². The van der Waals surface area contributed by atoms with Crippen molar-refractivity contribution in [1.29, 1.82) is 0 Å². The Hall–Kier alpha value is -1.51. The van der Waals surface area contributed by atoms with Gasteiger partial charge in [-0.2, -0.15) is 0 Å². The van der Waals surface area contributed by atoms with Crippen LogP contribution in [0.2, 0.25) is 0 Å². The molecule has 0 bridgehead atoms. The van der Waals surface area contributed by atoms with Crippen molar-refractivity contribution in [3.05, 3.63) is 29.8 Å². The SMILES string of the molecule is CC(=O)OC1(C)CNc2ccccc21. The zero-order chi connectivity index (χ0) is 10.2. The average Bonchev–Trinajstić information content (AvgIpc) is 2.44. The lowest BCUT2D eigenvalue weighted by Crippen LogP contribution is -2.30. The average molecular weight is 191 g/mol. The van der Waals surface area contributed by atoms with E-state index in [2.05, 4.69) is 5.32 Å². The zero-order valence-electron chi connectivity index (χ0n) is 8.33. The second kappa shape index (κ2) is 3.01. The second-order valence-corrected chi connectivity index (χ2v) is 3.72. The Labute approximate surface area is 83.1 Å². The normalized spacial score (nSPS) is 23.9. The van der Waals surface area contributed by atoms with Gasteiger partial charge in [-0.1, -0.05) is 18.2 Å². The Morgan fingerprint density at radius 1 is 1.50 bits per heavy atom. The Balaban J connectivity index is 2.37. The molecule has 3 nitrogen and oxygen atoms in total. The Morgan fingerprint density at radius 2 is 2.21 bits per heavy atom. The molecule has 1 heterocycles. The second-order valence-electron chi connectivity index (χ2n) is 3.72. The lowest BCUT2D eigenvalue weighted by molar-refractivity contribution is -0.154. The summed E-state index contributed by atoms with van der Waals surface area (Å²) in [5.41, 5.74) is 1.59. The molecule has 0 spiro atoms. The van der Waals surface area contributed by atoms with Crippen LogP contribution in [-0.4, -0.2) is 12.5 Å². The van der Waals surface area contributed by atoms with E-state index in [1.165, 1.54) is 6.92 Å². The first-order chi connectivity index (χ1) is 6.62. The number of para-hydroxylation sites is 1. The first kappa shape index (κ1) is 9.06. The summed E-state index contributed by atoms with van der Waals surface area (Å²) >= 11 is 0. The number of nitrogens with one attached hydrogen (secondary N) is 1. The molecule has 74 valence electrons. The van der Waals surface area contributed by atoms with E-state index in [1.807, 2.05) is 31.2 Å². The number of anilines is 1. The van der Waals surface area contributed by atoms with Crippen LogP contribution < -0.4 is 5.32 Å². The van der Waals surface area contributed by atoms with E-state index in [9.17, 15) is 4.79 Å². The van der Waals surface area contributed by atoms with E-state index in [-0.39, 0.29) is 5.97 Å². The van der Waals surface area contributed by atoms with E-state index in [0.29, 0.717) is 6.54 Å². The molecule has 0 aromatic heterocycles.